The van der Waals surface area contributed by atoms with Gasteiger partial charge in [0.15, 0.2) is 12.4 Å². The largest absolute Gasteiger partial charge is 0.459 e. The van der Waals surface area contributed by atoms with Gasteiger partial charge < -0.3 is 18.5 Å². The second kappa shape index (κ2) is 7.06. The van der Waals surface area contributed by atoms with Gasteiger partial charge in [0.1, 0.15) is 0 Å². The van der Waals surface area contributed by atoms with Crippen LogP contribution < -0.4 is 4.90 Å². The average Bonchev–Trinajstić information content (AvgIpc) is 3.41. The molecule has 3 heterocycles. The van der Waals surface area contributed by atoms with Gasteiger partial charge in [0, 0.05) is 18.7 Å². The van der Waals surface area contributed by atoms with Crippen molar-refractivity contribution in [3.8, 4) is 11.7 Å². The number of ether oxygens (including phenoxy) is 1. The molecule has 1 saturated heterocycles. The minimum absolute atomic E-state index is 0.0984. The van der Waals surface area contributed by atoms with E-state index in [0.717, 1.165) is 11.3 Å². The summed E-state index contributed by atoms with van der Waals surface area (Å²) in [4.78, 5) is 26.2. The lowest BCUT2D eigenvalue weighted by molar-refractivity contribution is -0.150. The first-order valence-electron chi connectivity index (χ1n) is 8.50. The summed E-state index contributed by atoms with van der Waals surface area (Å²) in [5, 5.41) is 7.67. The van der Waals surface area contributed by atoms with Gasteiger partial charge in [0.25, 0.3) is 11.8 Å². The van der Waals surface area contributed by atoms with Crippen LogP contribution >= 0.6 is 0 Å². The number of aryl methyl sites for hydroxylation is 1. The molecule has 8 nitrogen and oxygen atoms in total. The molecule has 0 spiro atoms. The number of carbonyl (C=O) groups excluding carboxylic acids is 2. The summed E-state index contributed by atoms with van der Waals surface area (Å²) in [6, 6.07) is 11.0. The number of anilines is 1. The number of aromatic nitrogens is 2. The van der Waals surface area contributed by atoms with Crippen LogP contribution in [0.3, 0.4) is 0 Å². The number of hydrogen-bond donors (Lipinski definition) is 0. The Morgan fingerprint density at radius 2 is 2.07 bits per heavy atom. The molecule has 8 heteroatoms. The maximum Gasteiger partial charge on any atom is 0.311 e. The fourth-order valence-corrected chi connectivity index (χ4v) is 2.90. The van der Waals surface area contributed by atoms with E-state index in [1.807, 2.05) is 31.2 Å². The van der Waals surface area contributed by atoms with Gasteiger partial charge in [0.2, 0.25) is 5.91 Å². The topological polar surface area (TPSA) is 98.7 Å². The van der Waals surface area contributed by atoms with E-state index in [9.17, 15) is 9.59 Å². The molecule has 0 aliphatic carbocycles. The third kappa shape index (κ3) is 3.59. The van der Waals surface area contributed by atoms with Crippen molar-refractivity contribution in [1.82, 2.24) is 10.2 Å². The Morgan fingerprint density at radius 3 is 2.81 bits per heavy atom. The van der Waals surface area contributed by atoms with Gasteiger partial charge in [0.05, 0.1) is 12.2 Å². The highest BCUT2D eigenvalue weighted by molar-refractivity contribution is 5.99. The molecule has 0 saturated carbocycles. The zero-order chi connectivity index (χ0) is 18.8. The molecule has 4 rings (SSSR count). The minimum Gasteiger partial charge on any atom is -0.459 e. The second-order valence-corrected chi connectivity index (χ2v) is 6.33. The second-order valence-electron chi connectivity index (χ2n) is 6.33. The molecular weight excluding hydrogens is 350 g/mol. The molecule has 0 radical (unpaired) electrons. The quantitative estimate of drug-likeness (QED) is 0.639. The predicted molar refractivity (Wildman–Crippen MR) is 93.4 cm³/mol. The molecule has 1 fully saturated rings. The zero-order valence-corrected chi connectivity index (χ0v) is 14.6. The summed E-state index contributed by atoms with van der Waals surface area (Å²) in [6.07, 6.45) is 1.62. The number of furan rings is 1. The Labute approximate surface area is 154 Å². The highest BCUT2D eigenvalue weighted by atomic mass is 16.5. The van der Waals surface area contributed by atoms with Gasteiger partial charge in [-0.25, -0.2) is 0 Å². The first kappa shape index (κ1) is 17.0. The molecule has 3 aromatic rings. The van der Waals surface area contributed by atoms with Crippen LogP contribution in [0.5, 0.6) is 0 Å². The van der Waals surface area contributed by atoms with E-state index in [0.29, 0.717) is 12.3 Å². The van der Waals surface area contributed by atoms with Crippen LogP contribution in [0.25, 0.3) is 11.7 Å². The zero-order valence-electron chi connectivity index (χ0n) is 14.6. The monoisotopic (exact) mass is 367 g/mol. The van der Waals surface area contributed by atoms with Crippen LogP contribution in [0.1, 0.15) is 17.9 Å². The number of nitrogens with zero attached hydrogens (tertiary/aromatic N) is 3. The Balaban J connectivity index is 1.35. The molecule has 138 valence electrons. The molecule has 0 N–H and O–H groups in total. The fourth-order valence-electron chi connectivity index (χ4n) is 2.90. The van der Waals surface area contributed by atoms with Crippen molar-refractivity contribution in [2.24, 2.45) is 5.92 Å². The normalized spacial score (nSPS) is 16.7. The standard InChI is InChI=1S/C19H17N3O5/c1-12-4-6-14(7-5-12)22-10-13(9-17(22)23)19(24)26-11-16-20-21-18(27-16)15-3-2-8-25-15/h2-8,13H,9-11H2,1H3. The van der Waals surface area contributed by atoms with Gasteiger partial charge in [-0.15, -0.1) is 10.2 Å². The van der Waals surface area contributed by atoms with Crippen LogP contribution in [-0.4, -0.2) is 28.6 Å². The van der Waals surface area contributed by atoms with Gasteiger partial charge in [-0.1, -0.05) is 17.7 Å². The van der Waals surface area contributed by atoms with Crippen molar-refractivity contribution in [1.29, 1.82) is 0 Å². The number of amides is 1. The van der Waals surface area contributed by atoms with Gasteiger partial charge in [-0.3, -0.25) is 9.59 Å². The van der Waals surface area contributed by atoms with Crippen LogP contribution in [0, 0.1) is 12.8 Å². The number of rotatable bonds is 5. The van der Waals surface area contributed by atoms with E-state index in [4.69, 9.17) is 13.6 Å². The Hall–Kier alpha value is -3.42. The van der Waals surface area contributed by atoms with Crippen molar-refractivity contribution >= 4 is 17.6 Å². The smallest absolute Gasteiger partial charge is 0.311 e. The van der Waals surface area contributed by atoms with Crippen molar-refractivity contribution in [3.63, 3.8) is 0 Å². The van der Waals surface area contributed by atoms with E-state index in [1.165, 1.54) is 6.26 Å². The van der Waals surface area contributed by atoms with Gasteiger partial charge in [-0.05, 0) is 31.2 Å². The number of carbonyl (C=O) groups is 2. The highest BCUT2D eigenvalue weighted by Gasteiger charge is 2.36. The third-order valence-electron chi connectivity index (χ3n) is 4.34. The summed E-state index contributed by atoms with van der Waals surface area (Å²) in [5.41, 5.74) is 1.88. The van der Waals surface area contributed by atoms with Crippen LogP contribution in [0.15, 0.2) is 51.5 Å². The molecule has 1 aliphatic heterocycles. The van der Waals surface area contributed by atoms with Crippen LogP contribution in [0.2, 0.25) is 0 Å². The van der Waals surface area contributed by atoms with E-state index in [1.54, 1.807) is 17.0 Å². The lowest BCUT2D eigenvalue weighted by atomic mass is 10.1. The number of hydrogen-bond acceptors (Lipinski definition) is 7. The maximum absolute atomic E-state index is 12.3. The fraction of sp³-hybridized carbons (Fsp3) is 0.263. The predicted octanol–water partition coefficient (Wildman–Crippen LogP) is 2.73. The summed E-state index contributed by atoms with van der Waals surface area (Å²) in [7, 11) is 0. The molecule has 2 aromatic heterocycles. The Morgan fingerprint density at radius 1 is 1.26 bits per heavy atom. The molecule has 1 unspecified atom stereocenters. The van der Waals surface area contributed by atoms with Gasteiger partial charge >= 0.3 is 5.97 Å². The van der Waals surface area contributed by atoms with Crippen molar-refractivity contribution in [3.05, 3.63) is 54.1 Å². The van der Waals surface area contributed by atoms with Gasteiger partial charge in [-0.2, -0.15) is 0 Å². The van der Waals surface area contributed by atoms with E-state index in [2.05, 4.69) is 10.2 Å². The average molecular weight is 367 g/mol. The van der Waals surface area contributed by atoms with Crippen LogP contribution in [0.4, 0.5) is 5.69 Å². The lowest BCUT2D eigenvalue weighted by Gasteiger charge is -2.16. The minimum atomic E-state index is -0.522. The third-order valence-corrected chi connectivity index (χ3v) is 4.34. The highest BCUT2D eigenvalue weighted by Crippen LogP contribution is 2.26. The summed E-state index contributed by atoms with van der Waals surface area (Å²) in [6.45, 7) is 2.12. The van der Waals surface area contributed by atoms with E-state index in [-0.39, 0.29) is 30.7 Å². The summed E-state index contributed by atoms with van der Waals surface area (Å²) in [5.74, 6) is -0.266. The van der Waals surface area contributed by atoms with Crippen molar-refractivity contribution in [2.45, 2.75) is 20.0 Å². The molecule has 1 aliphatic rings. The van der Waals surface area contributed by atoms with Crippen molar-refractivity contribution in [2.75, 3.05) is 11.4 Å². The molecular formula is C19H17N3O5. The molecule has 1 amide bonds. The summed E-state index contributed by atoms with van der Waals surface area (Å²) < 4.78 is 15.8. The van der Waals surface area contributed by atoms with Crippen molar-refractivity contribution < 1.29 is 23.2 Å². The lowest BCUT2D eigenvalue weighted by Crippen LogP contribution is -2.26. The maximum atomic E-state index is 12.3. The summed E-state index contributed by atoms with van der Waals surface area (Å²) >= 11 is 0. The van der Waals surface area contributed by atoms with Crippen LogP contribution in [-0.2, 0) is 20.9 Å². The van der Waals surface area contributed by atoms with E-state index < -0.39 is 11.9 Å². The Kier molecular flexibility index (Phi) is 4.45. The molecule has 0 bridgehead atoms. The van der Waals surface area contributed by atoms with E-state index >= 15 is 0 Å². The number of benzene rings is 1. The molecule has 27 heavy (non-hydrogen) atoms. The molecule has 1 aromatic carbocycles. The molecule has 1 atom stereocenters. The Bertz CT molecular complexity index is 946. The first-order valence-corrected chi connectivity index (χ1v) is 8.50. The first-order chi connectivity index (χ1) is 13.1. The SMILES string of the molecule is Cc1ccc(N2CC(C(=O)OCc3nnc(-c4ccco4)o3)CC2=O)cc1. The number of esters is 1.